The van der Waals surface area contributed by atoms with Crippen molar-refractivity contribution in [2.45, 2.75) is 31.5 Å². The number of fused-ring (bicyclic) bond motifs is 1. The van der Waals surface area contributed by atoms with Gasteiger partial charge in [0, 0.05) is 11.8 Å². The highest BCUT2D eigenvalue weighted by atomic mass is 16.5. The molecule has 0 radical (unpaired) electrons. The number of hydrogen-bond acceptors (Lipinski definition) is 4. The van der Waals surface area contributed by atoms with Crippen molar-refractivity contribution in [3.05, 3.63) is 54.6 Å². The molecule has 128 valence electrons. The third-order valence-corrected chi connectivity index (χ3v) is 5.07. The molecule has 2 saturated carbocycles. The number of aliphatic hydroxyl groups excluding tert-OH is 2. The van der Waals surface area contributed by atoms with Gasteiger partial charge in [0.15, 0.2) is 5.78 Å². The van der Waals surface area contributed by atoms with E-state index in [0.717, 1.165) is 5.75 Å². The van der Waals surface area contributed by atoms with E-state index in [-0.39, 0.29) is 30.1 Å². The average molecular weight is 328 g/mol. The summed E-state index contributed by atoms with van der Waals surface area (Å²) < 4.78 is 5.52. The number of benzene rings is 1. The van der Waals surface area contributed by atoms with Gasteiger partial charge in [0.25, 0.3) is 0 Å². The maximum Gasteiger partial charge on any atom is 0.161 e. The lowest BCUT2D eigenvalue weighted by atomic mass is 9.90. The van der Waals surface area contributed by atoms with Gasteiger partial charge in [0.1, 0.15) is 12.4 Å². The zero-order valence-electron chi connectivity index (χ0n) is 13.7. The third-order valence-electron chi connectivity index (χ3n) is 5.07. The first-order chi connectivity index (χ1) is 11.6. The molecule has 24 heavy (non-hydrogen) atoms. The Kier molecular flexibility index (Phi) is 5.17. The second-order valence-electron chi connectivity index (χ2n) is 6.76. The van der Waals surface area contributed by atoms with E-state index in [2.05, 4.69) is 6.58 Å². The number of Topliss-reactive ketones (excluding diaryl/α,β-unsaturated/α-hetero) is 1. The first kappa shape index (κ1) is 16.9. The van der Waals surface area contributed by atoms with Crippen LogP contribution < -0.4 is 4.74 Å². The van der Waals surface area contributed by atoms with Crippen LogP contribution in [0.25, 0.3) is 0 Å². The Hall–Kier alpha value is -1.91. The summed E-state index contributed by atoms with van der Waals surface area (Å²) in [5.41, 5.74) is 0.687. The summed E-state index contributed by atoms with van der Waals surface area (Å²) in [6.45, 7) is 4.05. The smallest absolute Gasteiger partial charge is 0.161 e. The van der Waals surface area contributed by atoms with Crippen LogP contribution in [0.5, 0.6) is 5.75 Å². The molecule has 1 unspecified atom stereocenters. The summed E-state index contributed by atoms with van der Waals surface area (Å²) in [6.07, 6.45) is 4.42. The van der Waals surface area contributed by atoms with Crippen molar-refractivity contribution < 1.29 is 19.7 Å². The van der Waals surface area contributed by atoms with E-state index in [9.17, 15) is 15.0 Å². The Labute approximate surface area is 142 Å². The van der Waals surface area contributed by atoms with Crippen LogP contribution in [-0.4, -0.2) is 34.8 Å². The van der Waals surface area contributed by atoms with Crippen LogP contribution in [0.1, 0.15) is 19.3 Å². The standard InChI is InChI=1S/C20H24O4/c1-13-10-17-16(19(22)11-18(17)20(13)23)9-5-6-14(21)12-24-15-7-3-2-4-8-15/h2-5,7-9,14,16-19,21-22H,1,6,10-12H2/t14?,16-,17-,18-,19+/m0/s1. The van der Waals surface area contributed by atoms with E-state index in [1.54, 1.807) is 0 Å². The fourth-order valence-corrected chi connectivity index (χ4v) is 3.81. The van der Waals surface area contributed by atoms with Crippen LogP contribution in [0.3, 0.4) is 0 Å². The molecule has 0 amide bonds. The average Bonchev–Trinajstić information content (AvgIpc) is 3.03. The number of aliphatic hydroxyl groups is 2. The molecule has 1 aromatic rings. The van der Waals surface area contributed by atoms with Crippen molar-refractivity contribution in [3.63, 3.8) is 0 Å². The molecule has 2 N–H and O–H groups in total. The first-order valence-corrected chi connectivity index (χ1v) is 8.49. The second-order valence-corrected chi connectivity index (χ2v) is 6.76. The van der Waals surface area contributed by atoms with E-state index < -0.39 is 12.2 Å². The summed E-state index contributed by atoms with van der Waals surface area (Å²) in [4.78, 5) is 12.0. The van der Waals surface area contributed by atoms with E-state index in [1.807, 2.05) is 42.5 Å². The lowest BCUT2D eigenvalue weighted by Gasteiger charge is -2.17. The summed E-state index contributed by atoms with van der Waals surface area (Å²) in [6, 6.07) is 9.38. The summed E-state index contributed by atoms with van der Waals surface area (Å²) in [7, 11) is 0. The predicted molar refractivity (Wildman–Crippen MR) is 91.6 cm³/mol. The fraction of sp³-hybridized carbons (Fsp3) is 0.450. The number of carbonyl (C=O) groups is 1. The van der Waals surface area contributed by atoms with Crippen molar-refractivity contribution >= 4 is 5.78 Å². The van der Waals surface area contributed by atoms with Gasteiger partial charge in [0.2, 0.25) is 0 Å². The SMILES string of the molecule is C=C1C[C@H]2[C@H](C=CCC(O)COc3ccccc3)[C@H](O)C[C@@H]2C1=O. The Morgan fingerprint density at radius 3 is 2.83 bits per heavy atom. The summed E-state index contributed by atoms with van der Waals surface area (Å²) in [5.74, 6) is 0.909. The van der Waals surface area contributed by atoms with Gasteiger partial charge in [0.05, 0.1) is 12.2 Å². The molecule has 2 fully saturated rings. The zero-order chi connectivity index (χ0) is 17.1. The maximum atomic E-state index is 12.0. The molecule has 0 heterocycles. The van der Waals surface area contributed by atoms with E-state index in [1.165, 1.54) is 0 Å². The monoisotopic (exact) mass is 328 g/mol. The van der Waals surface area contributed by atoms with Gasteiger partial charge < -0.3 is 14.9 Å². The lowest BCUT2D eigenvalue weighted by molar-refractivity contribution is -0.118. The molecule has 0 bridgehead atoms. The maximum absolute atomic E-state index is 12.0. The van der Waals surface area contributed by atoms with Crippen LogP contribution in [0.2, 0.25) is 0 Å². The number of allylic oxidation sites excluding steroid dienone is 1. The summed E-state index contributed by atoms with van der Waals surface area (Å²) >= 11 is 0. The molecule has 0 saturated heterocycles. The number of carbonyl (C=O) groups excluding carboxylic acids is 1. The number of ether oxygens (including phenoxy) is 1. The number of rotatable bonds is 6. The van der Waals surface area contributed by atoms with Gasteiger partial charge in [-0.15, -0.1) is 0 Å². The van der Waals surface area contributed by atoms with Crippen LogP contribution in [-0.2, 0) is 4.79 Å². The Morgan fingerprint density at radius 1 is 1.33 bits per heavy atom. The van der Waals surface area contributed by atoms with Gasteiger partial charge in [-0.05, 0) is 42.9 Å². The van der Waals surface area contributed by atoms with Gasteiger partial charge >= 0.3 is 0 Å². The molecule has 2 aliphatic carbocycles. The van der Waals surface area contributed by atoms with Crippen molar-refractivity contribution in [2.75, 3.05) is 6.61 Å². The van der Waals surface area contributed by atoms with Gasteiger partial charge in [-0.2, -0.15) is 0 Å². The van der Waals surface area contributed by atoms with Crippen molar-refractivity contribution in [2.24, 2.45) is 17.8 Å². The molecule has 0 aromatic heterocycles. The van der Waals surface area contributed by atoms with Gasteiger partial charge in [-0.3, -0.25) is 4.79 Å². The second kappa shape index (κ2) is 7.32. The largest absolute Gasteiger partial charge is 0.491 e. The predicted octanol–water partition coefficient (Wildman–Crippen LogP) is 2.51. The zero-order valence-corrected chi connectivity index (χ0v) is 13.7. The van der Waals surface area contributed by atoms with Crippen LogP contribution >= 0.6 is 0 Å². The molecular weight excluding hydrogens is 304 g/mol. The molecule has 0 aliphatic heterocycles. The minimum absolute atomic E-state index is 0.0274. The molecule has 2 aliphatic rings. The van der Waals surface area contributed by atoms with Crippen molar-refractivity contribution in [1.29, 1.82) is 0 Å². The van der Waals surface area contributed by atoms with E-state index in [4.69, 9.17) is 4.74 Å². The quantitative estimate of drug-likeness (QED) is 0.622. The molecule has 0 spiro atoms. The Balaban J connectivity index is 1.49. The first-order valence-electron chi connectivity index (χ1n) is 8.49. The number of ketones is 1. The fourth-order valence-electron chi connectivity index (χ4n) is 3.81. The molecule has 3 rings (SSSR count). The van der Waals surface area contributed by atoms with E-state index >= 15 is 0 Å². The van der Waals surface area contributed by atoms with Crippen molar-refractivity contribution in [3.8, 4) is 5.75 Å². The minimum Gasteiger partial charge on any atom is -0.491 e. The molecular formula is C20H24O4. The normalized spacial score (nSPS) is 30.8. The minimum atomic E-state index is -0.601. The number of para-hydroxylation sites is 1. The van der Waals surface area contributed by atoms with Gasteiger partial charge in [-0.1, -0.05) is 36.9 Å². The highest BCUT2D eigenvalue weighted by Crippen LogP contribution is 2.48. The summed E-state index contributed by atoms with van der Waals surface area (Å²) in [5, 5.41) is 20.2. The Morgan fingerprint density at radius 2 is 2.08 bits per heavy atom. The number of hydrogen-bond donors (Lipinski definition) is 2. The molecule has 5 atom stereocenters. The highest BCUT2D eigenvalue weighted by Gasteiger charge is 2.49. The molecule has 4 nitrogen and oxygen atoms in total. The third kappa shape index (κ3) is 3.60. The van der Waals surface area contributed by atoms with Crippen LogP contribution in [0.15, 0.2) is 54.6 Å². The van der Waals surface area contributed by atoms with Gasteiger partial charge in [-0.25, -0.2) is 0 Å². The highest BCUT2D eigenvalue weighted by molar-refractivity contribution is 5.99. The van der Waals surface area contributed by atoms with E-state index in [0.29, 0.717) is 24.8 Å². The topological polar surface area (TPSA) is 66.8 Å². The van der Waals surface area contributed by atoms with Crippen LogP contribution in [0.4, 0.5) is 0 Å². The lowest BCUT2D eigenvalue weighted by Crippen LogP contribution is -2.18. The molecule has 4 heteroatoms. The Bertz CT molecular complexity index is 622. The van der Waals surface area contributed by atoms with Crippen LogP contribution in [0, 0.1) is 17.8 Å². The van der Waals surface area contributed by atoms with Crippen molar-refractivity contribution in [1.82, 2.24) is 0 Å². The molecule has 1 aromatic carbocycles.